The number of halogens is 1. The van der Waals surface area contributed by atoms with E-state index in [-0.39, 0.29) is 5.91 Å². The van der Waals surface area contributed by atoms with E-state index in [1.165, 1.54) is 11.6 Å². The fourth-order valence-electron chi connectivity index (χ4n) is 3.26. The third kappa shape index (κ3) is 3.59. The van der Waals surface area contributed by atoms with Gasteiger partial charge in [-0.25, -0.2) is 4.39 Å². The lowest BCUT2D eigenvalue weighted by Gasteiger charge is -2.28. The molecule has 28 heavy (non-hydrogen) atoms. The Hall–Kier alpha value is -3.25. The number of pyridine rings is 1. The number of nitrogens with one attached hydrogen (secondary N) is 2. The Morgan fingerprint density at radius 2 is 2.18 bits per heavy atom. The monoisotopic (exact) mass is 376 g/mol. The molecule has 0 aromatic carbocycles. The second-order valence-electron chi connectivity index (χ2n) is 6.92. The minimum atomic E-state index is -0.422. The third-order valence-corrected chi connectivity index (χ3v) is 4.91. The van der Waals surface area contributed by atoms with Gasteiger partial charge in [0.1, 0.15) is 5.83 Å². The largest absolute Gasteiger partial charge is 0.321 e. The Morgan fingerprint density at radius 1 is 1.32 bits per heavy atom. The van der Waals surface area contributed by atoms with E-state index in [4.69, 9.17) is 0 Å². The van der Waals surface area contributed by atoms with Crippen LogP contribution in [-0.2, 0) is 0 Å². The molecule has 3 aliphatic heterocycles. The van der Waals surface area contributed by atoms with Gasteiger partial charge in [0.15, 0.2) is 0 Å². The molecule has 0 radical (unpaired) electrons. The summed E-state index contributed by atoms with van der Waals surface area (Å²) in [6, 6.07) is 3.59. The van der Waals surface area contributed by atoms with Gasteiger partial charge in [-0.05, 0) is 54.8 Å². The summed E-state index contributed by atoms with van der Waals surface area (Å²) in [7, 11) is 0. The second-order valence-corrected chi connectivity index (χ2v) is 6.92. The number of rotatable bonds is 3. The Kier molecular flexibility index (Phi) is 4.79. The Bertz CT molecular complexity index is 996. The van der Waals surface area contributed by atoms with E-state index in [9.17, 15) is 9.18 Å². The van der Waals surface area contributed by atoms with Gasteiger partial charge in [-0.2, -0.15) is 0 Å². The number of carbonyl (C=O) groups is 1. The van der Waals surface area contributed by atoms with Crippen molar-refractivity contribution < 1.29 is 9.18 Å². The van der Waals surface area contributed by atoms with Gasteiger partial charge in [-0.1, -0.05) is 12.7 Å². The topological polar surface area (TPSA) is 57.3 Å². The number of hydrogen-bond acceptors (Lipinski definition) is 4. The number of carbonyl (C=O) groups excluding carboxylic acids is 1. The molecule has 0 saturated carbocycles. The van der Waals surface area contributed by atoms with Crippen LogP contribution in [0.2, 0.25) is 0 Å². The predicted molar refractivity (Wildman–Crippen MR) is 107 cm³/mol. The first kappa shape index (κ1) is 18.1. The Labute approximate surface area is 163 Å². The molecule has 142 valence electrons. The lowest BCUT2D eigenvalue weighted by Crippen LogP contribution is -2.27. The highest BCUT2D eigenvalue weighted by Crippen LogP contribution is 2.31. The van der Waals surface area contributed by atoms with Gasteiger partial charge in [0, 0.05) is 31.2 Å². The van der Waals surface area contributed by atoms with Crippen LogP contribution in [0.1, 0.15) is 29.4 Å². The van der Waals surface area contributed by atoms with Gasteiger partial charge in [0.05, 0.1) is 22.7 Å². The van der Waals surface area contributed by atoms with Crippen molar-refractivity contribution in [3.8, 4) is 0 Å². The minimum absolute atomic E-state index is 0.330. The molecule has 0 saturated heterocycles. The Balaban J connectivity index is 1.49. The van der Waals surface area contributed by atoms with Gasteiger partial charge in [-0.15, -0.1) is 0 Å². The molecule has 1 aromatic rings. The summed E-state index contributed by atoms with van der Waals surface area (Å²) in [4.78, 5) is 18.6. The quantitative estimate of drug-likeness (QED) is 0.847. The lowest BCUT2D eigenvalue weighted by atomic mass is 10.0. The fourth-order valence-corrected chi connectivity index (χ4v) is 3.26. The van der Waals surface area contributed by atoms with Crippen LogP contribution in [0.15, 0.2) is 83.9 Å². The predicted octanol–water partition coefficient (Wildman–Crippen LogP) is 3.56. The van der Waals surface area contributed by atoms with Gasteiger partial charge >= 0.3 is 0 Å². The summed E-state index contributed by atoms with van der Waals surface area (Å²) in [5.41, 5.74) is 4.98. The van der Waals surface area contributed by atoms with Gasteiger partial charge in [0.2, 0.25) is 0 Å². The van der Waals surface area contributed by atoms with Crippen LogP contribution < -0.4 is 10.6 Å². The molecule has 0 bridgehead atoms. The van der Waals surface area contributed by atoms with Crippen molar-refractivity contribution in [2.75, 3.05) is 13.1 Å². The molecule has 1 aromatic heterocycles. The van der Waals surface area contributed by atoms with Crippen LogP contribution in [0, 0.1) is 0 Å². The van der Waals surface area contributed by atoms with Crippen LogP contribution in [0.5, 0.6) is 0 Å². The van der Waals surface area contributed by atoms with Gasteiger partial charge in [-0.3, -0.25) is 9.78 Å². The summed E-state index contributed by atoms with van der Waals surface area (Å²) in [6.07, 6.45) is 11.1. The van der Waals surface area contributed by atoms with Crippen molar-refractivity contribution in [2.45, 2.75) is 13.3 Å². The van der Waals surface area contributed by atoms with Gasteiger partial charge < -0.3 is 15.5 Å². The molecule has 0 spiro atoms. The van der Waals surface area contributed by atoms with Crippen LogP contribution in [0.25, 0.3) is 5.57 Å². The number of amides is 1. The maximum Gasteiger partial charge on any atom is 0.257 e. The van der Waals surface area contributed by atoms with E-state index in [0.29, 0.717) is 17.0 Å². The second kappa shape index (κ2) is 7.40. The van der Waals surface area contributed by atoms with Crippen molar-refractivity contribution in [3.63, 3.8) is 0 Å². The summed E-state index contributed by atoms with van der Waals surface area (Å²) >= 11 is 0. The maximum absolute atomic E-state index is 14.4. The van der Waals surface area contributed by atoms with E-state index >= 15 is 0 Å². The molecule has 4 heterocycles. The normalized spacial score (nSPS) is 19.0. The molecule has 0 aliphatic carbocycles. The molecule has 1 amide bonds. The average Bonchev–Trinajstić information content (AvgIpc) is 2.70. The SMILES string of the molecule is C=C1C=C2C(F)=CC(NC(=O)c3ccc(C4=CCNCC4)nc3)=CN2C=C1C. The molecule has 2 N–H and O–H groups in total. The van der Waals surface area contributed by atoms with Crippen molar-refractivity contribution in [3.05, 3.63) is 95.2 Å². The molecular formula is C22H21FN4O. The van der Waals surface area contributed by atoms with E-state index in [1.54, 1.807) is 35.6 Å². The fraction of sp³-hybridized carbons (Fsp3) is 0.182. The molecular weight excluding hydrogens is 355 g/mol. The maximum atomic E-state index is 14.4. The molecule has 0 unspecified atom stereocenters. The molecule has 0 fully saturated rings. The van der Waals surface area contributed by atoms with E-state index < -0.39 is 5.83 Å². The average molecular weight is 376 g/mol. The summed E-state index contributed by atoms with van der Waals surface area (Å²) in [6.45, 7) is 7.56. The number of hydrogen-bond donors (Lipinski definition) is 2. The van der Waals surface area contributed by atoms with E-state index in [1.807, 2.05) is 13.0 Å². The van der Waals surface area contributed by atoms with Crippen LogP contribution in [0.4, 0.5) is 4.39 Å². The van der Waals surface area contributed by atoms with Crippen molar-refractivity contribution in [1.82, 2.24) is 20.5 Å². The van der Waals surface area contributed by atoms with E-state index in [2.05, 4.69) is 28.3 Å². The number of allylic oxidation sites excluding steroid dienone is 5. The standard InChI is InChI=1S/C22H21FN4O/c1-14-9-21-19(23)10-18(13-27(21)12-15(14)2)26-22(28)17-3-4-20(25-11-17)16-5-7-24-8-6-16/h3-5,9-13,24H,1,6-8H2,2H3,(H,26,28). The minimum Gasteiger partial charge on any atom is -0.321 e. The number of nitrogens with zero attached hydrogens (tertiary/aromatic N) is 2. The van der Waals surface area contributed by atoms with Gasteiger partial charge in [0.25, 0.3) is 5.91 Å². The zero-order chi connectivity index (χ0) is 19.7. The van der Waals surface area contributed by atoms with Crippen LogP contribution >= 0.6 is 0 Å². The molecule has 6 heteroatoms. The molecule has 5 nitrogen and oxygen atoms in total. The summed E-state index contributed by atoms with van der Waals surface area (Å²) in [5.74, 6) is -0.753. The van der Waals surface area contributed by atoms with Crippen LogP contribution in [-0.4, -0.2) is 28.9 Å². The first-order valence-corrected chi connectivity index (χ1v) is 9.16. The first-order valence-electron chi connectivity index (χ1n) is 9.16. The van der Waals surface area contributed by atoms with Crippen LogP contribution in [0.3, 0.4) is 0 Å². The smallest absolute Gasteiger partial charge is 0.257 e. The molecule has 0 atom stereocenters. The first-order chi connectivity index (χ1) is 13.5. The zero-order valence-electron chi connectivity index (χ0n) is 15.6. The zero-order valence-corrected chi connectivity index (χ0v) is 15.6. The molecule has 4 rings (SSSR count). The van der Waals surface area contributed by atoms with Crippen molar-refractivity contribution in [2.24, 2.45) is 0 Å². The lowest BCUT2D eigenvalue weighted by molar-refractivity contribution is 0.0966. The van der Waals surface area contributed by atoms with Crippen molar-refractivity contribution >= 4 is 11.5 Å². The van der Waals surface area contributed by atoms with E-state index in [0.717, 1.165) is 36.4 Å². The third-order valence-electron chi connectivity index (χ3n) is 4.91. The number of aromatic nitrogens is 1. The number of fused-ring (bicyclic) bond motifs is 1. The van der Waals surface area contributed by atoms with Crippen molar-refractivity contribution in [1.29, 1.82) is 0 Å². The molecule has 3 aliphatic rings. The highest BCUT2D eigenvalue weighted by Gasteiger charge is 2.22. The highest BCUT2D eigenvalue weighted by atomic mass is 19.1. The highest BCUT2D eigenvalue weighted by molar-refractivity contribution is 5.95. The summed E-state index contributed by atoms with van der Waals surface area (Å²) in [5, 5.41) is 6.00. The Morgan fingerprint density at radius 3 is 2.89 bits per heavy atom. The summed E-state index contributed by atoms with van der Waals surface area (Å²) < 4.78 is 14.4.